The van der Waals surface area contributed by atoms with Crippen molar-refractivity contribution in [1.82, 2.24) is 4.90 Å². The molecule has 1 aliphatic rings. The Morgan fingerprint density at radius 1 is 1.18 bits per heavy atom. The van der Waals surface area contributed by atoms with Crippen LogP contribution in [0.3, 0.4) is 0 Å². The van der Waals surface area contributed by atoms with E-state index in [2.05, 4.69) is 5.32 Å². The molecule has 0 aromatic heterocycles. The van der Waals surface area contributed by atoms with Gasteiger partial charge in [0.05, 0.1) is 19.8 Å². The zero-order chi connectivity index (χ0) is 15.9. The van der Waals surface area contributed by atoms with Crippen LogP contribution >= 0.6 is 0 Å². The maximum atomic E-state index is 12.1. The van der Waals surface area contributed by atoms with E-state index in [0.29, 0.717) is 18.0 Å². The number of methoxy groups -OCH3 is 1. The first-order chi connectivity index (χ1) is 10.7. The van der Waals surface area contributed by atoms with Crippen LogP contribution in [0.2, 0.25) is 0 Å². The molecule has 7 nitrogen and oxygen atoms in total. The topological polar surface area (TPSA) is 88.1 Å². The molecule has 0 aliphatic carbocycles. The van der Waals surface area contributed by atoms with Gasteiger partial charge in [0, 0.05) is 18.9 Å². The molecule has 0 atom stereocenters. The number of aliphatic hydroxyl groups is 1. The van der Waals surface area contributed by atoms with E-state index in [9.17, 15) is 9.59 Å². The molecule has 1 aromatic rings. The minimum absolute atomic E-state index is 0.0548. The van der Waals surface area contributed by atoms with E-state index in [1.165, 1.54) is 13.2 Å². The molecule has 0 fully saturated rings. The van der Waals surface area contributed by atoms with Gasteiger partial charge in [-0.15, -0.1) is 0 Å². The number of carbonyl (C=O) groups is 2. The van der Waals surface area contributed by atoms with Gasteiger partial charge in [0.1, 0.15) is 18.1 Å². The normalized spacial score (nSPS) is 14.3. The second kappa shape index (κ2) is 7.58. The molecule has 0 unspecified atom stereocenters. The summed E-state index contributed by atoms with van der Waals surface area (Å²) in [6.07, 6.45) is 1.27. The number of aliphatic hydroxyl groups excluding tert-OH is 1. The van der Waals surface area contributed by atoms with Gasteiger partial charge in [-0.1, -0.05) is 0 Å². The highest BCUT2D eigenvalue weighted by Crippen LogP contribution is 2.20. The molecule has 118 valence electrons. The first kappa shape index (κ1) is 16.0. The molecule has 1 aliphatic heterocycles. The summed E-state index contributed by atoms with van der Waals surface area (Å²) < 4.78 is 10.1. The van der Waals surface area contributed by atoms with Crippen LogP contribution in [-0.2, 0) is 14.3 Å². The maximum absolute atomic E-state index is 12.1. The average molecular weight is 306 g/mol. The Morgan fingerprint density at radius 2 is 1.91 bits per heavy atom. The van der Waals surface area contributed by atoms with Gasteiger partial charge in [-0.05, 0) is 24.3 Å². The van der Waals surface area contributed by atoms with E-state index >= 15 is 0 Å². The number of hydrogen-bond donors (Lipinski definition) is 2. The summed E-state index contributed by atoms with van der Waals surface area (Å²) in [5, 5.41) is 11.6. The highest BCUT2D eigenvalue weighted by atomic mass is 16.5. The van der Waals surface area contributed by atoms with Crippen molar-refractivity contribution < 1.29 is 24.2 Å². The van der Waals surface area contributed by atoms with Crippen molar-refractivity contribution in [3.8, 4) is 5.75 Å². The molecule has 2 amide bonds. The highest BCUT2D eigenvalue weighted by Gasteiger charge is 2.30. The lowest BCUT2D eigenvalue weighted by molar-refractivity contribution is -0.137. The minimum atomic E-state index is -0.373. The number of imide groups is 1. The van der Waals surface area contributed by atoms with Crippen molar-refractivity contribution in [2.24, 2.45) is 0 Å². The Morgan fingerprint density at radius 3 is 2.55 bits per heavy atom. The second-order valence-corrected chi connectivity index (χ2v) is 4.57. The van der Waals surface area contributed by atoms with Crippen molar-refractivity contribution >= 4 is 17.5 Å². The van der Waals surface area contributed by atoms with E-state index in [4.69, 9.17) is 14.6 Å². The number of nitrogens with zero attached hydrogens (tertiary/aromatic N) is 1. The van der Waals surface area contributed by atoms with Gasteiger partial charge in [-0.3, -0.25) is 14.5 Å². The fraction of sp³-hybridized carbons (Fsp3) is 0.333. The standard InChI is InChI=1S/C15H18N2O5/c1-21-8-6-17-14(19)10-13(15(17)20)16-11-2-4-12(5-3-11)22-9-7-18/h2-5,10,16,18H,6-9H2,1H3. The predicted molar refractivity (Wildman–Crippen MR) is 79.3 cm³/mol. The van der Waals surface area contributed by atoms with Crippen molar-refractivity contribution in [2.75, 3.05) is 38.8 Å². The van der Waals surface area contributed by atoms with Crippen LogP contribution in [0.15, 0.2) is 36.0 Å². The molecule has 0 spiro atoms. The number of amides is 2. The monoisotopic (exact) mass is 306 g/mol. The molecule has 1 aromatic carbocycles. The first-order valence-electron chi connectivity index (χ1n) is 6.83. The summed E-state index contributed by atoms with van der Waals surface area (Å²) in [5.74, 6) is -0.112. The molecule has 1 heterocycles. The molecular weight excluding hydrogens is 288 g/mol. The van der Waals surface area contributed by atoms with Crippen molar-refractivity contribution in [3.63, 3.8) is 0 Å². The zero-order valence-corrected chi connectivity index (χ0v) is 12.2. The van der Waals surface area contributed by atoms with Gasteiger partial charge >= 0.3 is 0 Å². The number of benzene rings is 1. The van der Waals surface area contributed by atoms with Gasteiger partial charge in [0.15, 0.2) is 0 Å². The van der Waals surface area contributed by atoms with Gasteiger partial charge in [-0.25, -0.2) is 0 Å². The van der Waals surface area contributed by atoms with Gasteiger partial charge in [-0.2, -0.15) is 0 Å². The fourth-order valence-electron chi connectivity index (χ4n) is 1.95. The largest absolute Gasteiger partial charge is 0.491 e. The second-order valence-electron chi connectivity index (χ2n) is 4.57. The van der Waals surface area contributed by atoms with Crippen LogP contribution in [0.1, 0.15) is 0 Å². The molecule has 2 N–H and O–H groups in total. The van der Waals surface area contributed by atoms with Crippen LogP contribution in [0.25, 0.3) is 0 Å². The Balaban J connectivity index is 1.97. The first-order valence-corrected chi connectivity index (χ1v) is 6.83. The minimum Gasteiger partial charge on any atom is -0.491 e. The quantitative estimate of drug-likeness (QED) is 0.675. The van der Waals surface area contributed by atoms with Crippen molar-refractivity contribution in [2.45, 2.75) is 0 Å². The number of ether oxygens (including phenoxy) is 2. The van der Waals surface area contributed by atoms with Crippen molar-refractivity contribution in [3.05, 3.63) is 36.0 Å². The summed E-state index contributed by atoms with van der Waals surface area (Å²) in [4.78, 5) is 25.0. The summed E-state index contributed by atoms with van der Waals surface area (Å²) in [6, 6.07) is 6.87. The van der Waals surface area contributed by atoms with Crippen molar-refractivity contribution in [1.29, 1.82) is 0 Å². The van der Waals surface area contributed by atoms with Gasteiger partial charge < -0.3 is 19.9 Å². The fourth-order valence-corrected chi connectivity index (χ4v) is 1.95. The average Bonchev–Trinajstić information content (AvgIpc) is 2.79. The van der Waals surface area contributed by atoms with E-state index in [1.807, 2.05) is 0 Å². The highest BCUT2D eigenvalue weighted by molar-refractivity contribution is 6.17. The summed E-state index contributed by atoms with van der Waals surface area (Å²) in [7, 11) is 1.51. The number of rotatable bonds is 8. The van der Waals surface area contributed by atoms with E-state index < -0.39 is 0 Å². The van der Waals surface area contributed by atoms with Crippen LogP contribution in [0.4, 0.5) is 5.69 Å². The predicted octanol–water partition coefficient (Wildman–Crippen LogP) is 0.369. The number of carbonyl (C=O) groups excluding carboxylic acids is 2. The molecule has 22 heavy (non-hydrogen) atoms. The lowest BCUT2D eigenvalue weighted by Crippen LogP contribution is -2.34. The van der Waals surface area contributed by atoms with Gasteiger partial charge in [0.2, 0.25) is 0 Å². The molecule has 0 saturated heterocycles. The number of anilines is 1. The van der Waals surface area contributed by atoms with Crippen LogP contribution in [-0.4, -0.2) is 55.3 Å². The lowest BCUT2D eigenvalue weighted by atomic mass is 10.3. The third-order valence-corrected chi connectivity index (χ3v) is 3.02. The molecular formula is C15H18N2O5. The molecule has 7 heteroatoms. The third kappa shape index (κ3) is 3.84. The molecule has 0 saturated carbocycles. The number of nitrogens with one attached hydrogen (secondary N) is 1. The Hall–Kier alpha value is -2.38. The summed E-state index contributed by atoms with van der Waals surface area (Å²) in [5.41, 5.74) is 0.891. The maximum Gasteiger partial charge on any atom is 0.277 e. The summed E-state index contributed by atoms with van der Waals surface area (Å²) in [6.45, 7) is 0.694. The van der Waals surface area contributed by atoms with E-state index in [-0.39, 0.29) is 37.3 Å². The zero-order valence-electron chi connectivity index (χ0n) is 12.2. The Labute approximate surface area is 128 Å². The Kier molecular flexibility index (Phi) is 5.51. The van der Waals surface area contributed by atoms with Crippen LogP contribution in [0, 0.1) is 0 Å². The summed E-state index contributed by atoms with van der Waals surface area (Å²) >= 11 is 0. The van der Waals surface area contributed by atoms with E-state index in [0.717, 1.165) is 4.90 Å². The molecule has 0 bridgehead atoms. The van der Waals surface area contributed by atoms with Crippen LogP contribution in [0.5, 0.6) is 5.75 Å². The molecule has 2 rings (SSSR count). The third-order valence-electron chi connectivity index (χ3n) is 3.02. The smallest absolute Gasteiger partial charge is 0.277 e. The van der Waals surface area contributed by atoms with E-state index in [1.54, 1.807) is 24.3 Å². The van der Waals surface area contributed by atoms with Crippen LogP contribution < -0.4 is 10.1 Å². The molecule has 0 radical (unpaired) electrons. The number of hydrogen-bond acceptors (Lipinski definition) is 6. The lowest BCUT2D eigenvalue weighted by Gasteiger charge is -2.14. The van der Waals surface area contributed by atoms with Gasteiger partial charge in [0.25, 0.3) is 11.8 Å². The Bertz CT molecular complexity index is 568. The SMILES string of the molecule is COCCN1C(=O)C=C(Nc2ccc(OCCO)cc2)C1=O.